The molecule has 208 valence electrons. The van der Waals surface area contributed by atoms with Gasteiger partial charge in [0.15, 0.2) is 5.71 Å². The molecule has 4 unspecified atom stereocenters. The zero-order valence-electron chi connectivity index (χ0n) is 19.6. The number of thioether (sulfide) groups is 1. The smallest absolute Gasteiger partial charge is 0.362 e. The summed E-state index contributed by atoms with van der Waals surface area (Å²) in [5, 5.41) is 27.8. The third kappa shape index (κ3) is 5.59. The van der Waals surface area contributed by atoms with Crippen LogP contribution in [0.2, 0.25) is 0 Å². The number of aliphatic carboxylic acids is 1. The molecule has 1 aromatic rings. The summed E-state index contributed by atoms with van der Waals surface area (Å²) in [4.78, 5) is 43.5. The van der Waals surface area contributed by atoms with E-state index in [1.54, 1.807) is 0 Å². The van der Waals surface area contributed by atoms with Crippen LogP contribution >= 0.6 is 11.8 Å². The van der Waals surface area contributed by atoms with Crippen molar-refractivity contribution < 1.29 is 37.3 Å². The molecule has 1 aromatic heterocycles. The molecule has 3 aliphatic rings. The molecular formula is C18H26N10O8S2. The van der Waals surface area contributed by atoms with Gasteiger partial charge in [0.05, 0.1) is 30.2 Å². The van der Waals surface area contributed by atoms with Crippen molar-refractivity contribution in [2.75, 3.05) is 6.54 Å². The van der Waals surface area contributed by atoms with Gasteiger partial charge in [-0.1, -0.05) is 16.9 Å². The molecule has 4 atom stereocenters. The zero-order valence-corrected chi connectivity index (χ0v) is 21.3. The number of aromatic nitrogens is 3. The Morgan fingerprint density at radius 2 is 2.13 bits per heavy atom. The highest BCUT2D eigenvalue weighted by atomic mass is 32.2. The van der Waals surface area contributed by atoms with E-state index in [2.05, 4.69) is 26.0 Å². The number of nitrogens with zero attached hydrogens (tertiary/aromatic N) is 5. The number of carboxylic acid groups (broad SMARTS) is 1. The fourth-order valence-corrected chi connectivity index (χ4v) is 5.23. The minimum Gasteiger partial charge on any atom is -0.478 e. The van der Waals surface area contributed by atoms with Crippen LogP contribution < -0.4 is 27.8 Å². The average molecular weight is 575 g/mol. The summed E-state index contributed by atoms with van der Waals surface area (Å²) in [5.74, 6) is -3.37. The van der Waals surface area contributed by atoms with Crippen molar-refractivity contribution in [2.45, 2.75) is 55.0 Å². The normalized spacial score (nSPS) is 25.2. The predicted octanol–water partition coefficient (Wildman–Crippen LogP) is -3.46. The highest BCUT2D eigenvalue weighted by molar-refractivity contribution is 8.02. The lowest BCUT2D eigenvalue weighted by molar-refractivity contribution is -0.153. The van der Waals surface area contributed by atoms with E-state index in [4.69, 9.17) is 22.0 Å². The Kier molecular flexibility index (Phi) is 7.63. The van der Waals surface area contributed by atoms with Crippen molar-refractivity contribution in [1.29, 1.82) is 0 Å². The molecule has 4 rings (SSSR count). The van der Waals surface area contributed by atoms with Crippen LogP contribution in [-0.2, 0) is 36.1 Å². The molecule has 2 amide bonds. The fourth-order valence-electron chi connectivity index (χ4n) is 3.70. The van der Waals surface area contributed by atoms with Gasteiger partial charge < -0.3 is 37.8 Å². The number of carbonyl (C=O) groups is 3. The number of nitrogens with two attached hydrogens (primary N) is 3. The molecule has 1 saturated carbocycles. The first-order valence-electron chi connectivity index (χ1n) is 11.2. The van der Waals surface area contributed by atoms with E-state index in [0.717, 1.165) is 16.6 Å². The van der Waals surface area contributed by atoms with Crippen molar-refractivity contribution in [3.63, 3.8) is 0 Å². The molecule has 10 N–H and O–H groups in total. The summed E-state index contributed by atoms with van der Waals surface area (Å²) in [5.41, 5.74) is 15.1. The van der Waals surface area contributed by atoms with Crippen LogP contribution in [0.15, 0.2) is 22.5 Å². The van der Waals surface area contributed by atoms with Gasteiger partial charge in [0, 0.05) is 18.2 Å². The Labute approximate surface area is 219 Å². The molecule has 0 spiro atoms. The summed E-state index contributed by atoms with van der Waals surface area (Å²) < 4.78 is 33.4. The number of carbonyl (C=O) groups excluding carboxylic acids is 2. The summed E-state index contributed by atoms with van der Waals surface area (Å²) in [6.45, 7) is -0.0374. The number of oxime groups is 1. The Morgan fingerprint density at radius 1 is 1.42 bits per heavy atom. The summed E-state index contributed by atoms with van der Waals surface area (Å²) in [6, 6.07) is -3.29. The third-order valence-corrected chi connectivity index (χ3v) is 7.70. The van der Waals surface area contributed by atoms with Crippen molar-refractivity contribution in [2.24, 2.45) is 22.4 Å². The largest absolute Gasteiger partial charge is 0.478 e. The number of carboxylic acids is 1. The van der Waals surface area contributed by atoms with Crippen molar-refractivity contribution in [1.82, 2.24) is 29.9 Å². The summed E-state index contributed by atoms with van der Waals surface area (Å²) in [6.07, 6.45) is 2.13. The van der Waals surface area contributed by atoms with Gasteiger partial charge in [0.2, 0.25) is 5.60 Å². The molecule has 0 radical (unpaired) electrons. The zero-order chi connectivity index (χ0) is 27.8. The number of hydrogen-bond acceptors (Lipinski definition) is 14. The Balaban J connectivity index is 1.55. The maximum absolute atomic E-state index is 13.2. The van der Waals surface area contributed by atoms with Gasteiger partial charge >= 0.3 is 16.3 Å². The van der Waals surface area contributed by atoms with E-state index in [1.165, 1.54) is 11.6 Å². The van der Waals surface area contributed by atoms with Crippen LogP contribution in [0.3, 0.4) is 0 Å². The number of rotatable bonds is 12. The summed E-state index contributed by atoms with van der Waals surface area (Å²) >= 11 is 1.11. The molecule has 18 nitrogen and oxygen atoms in total. The molecule has 2 aliphatic heterocycles. The maximum atomic E-state index is 13.2. The van der Waals surface area contributed by atoms with Crippen molar-refractivity contribution in [3.05, 3.63) is 23.0 Å². The van der Waals surface area contributed by atoms with Gasteiger partial charge in [-0.3, -0.25) is 14.1 Å². The van der Waals surface area contributed by atoms with Crippen LogP contribution in [0.5, 0.6) is 0 Å². The van der Waals surface area contributed by atoms with Gasteiger partial charge in [-0.2, -0.15) is 23.4 Å². The first-order chi connectivity index (χ1) is 17.9. The highest BCUT2D eigenvalue weighted by Gasteiger charge is 2.56. The molecule has 2 fully saturated rings. The number of amides is 2. The SMILES string of the molecule is NCCC(N)c1cnn(CC2C(NC(=O)/C(=N\OC3(C(=O)O)CC3)C3=CSC(N)N3)C(=O)N2S(=O)(=O)O)n1. The van der Waals surface area contributed by atoms with E-state index < -0.39 is 63.0 Å². The minimum absolute atomic E-state index is 0.100. The van der Waals surface area contributed by atoms with Gasteiger partial charge in [0.1, 0.15) is 17.6 Å². The van der Waals surface area contributed by atoms with E-state index in [-0.39, 0.29) is 29.4 Å². The van der Waals surface area contributed by atoms with Gasteiger partial charge in [-0.25, -0.2) is 9.10 Å². The molecule has 0 bridgehead atoms. The second kappa shape index (κ2) is 10.5. The predicted molar refractivity (Wildman–Crippen MR) is 130 cm³/mol. The Hall–Kier alpha value is -3.30. The van der Waals surface area contributed by atoms with Crippen molar-refractivity contribution in [3.8, 4) is 0 Å². The van der Waals surface area contributed by atoms with Crippen LogP contribution in [0.4, 0.5) is 0 Å². The van der Waals surface area contributed by atoms with Gasteiger partial charge in [-0.15, -0.1) is 0 Å². The van der Waals surface area contributed by atoms with Crippen LogP contribution in [0, 0.1) is 0 Å². The molecule has 1 aliphatic carbocycles. The van der Waals surface area contributed by atoms with Crippen LogP contribution in [0.25, 0.3) is 0 Å². The molecular weight excluding hydrogens is 548 g/mol. The Bertz CT molecular complexity index is 1290. The van der Waals surface area contributed by atoms with E-state index >= 15 is 0 Å². The first kappa shape index (κ1) is 27.7. The van der Waals surface area contributed by atoms with Crippen molar-refractivity contribution >= 4 is 45.6 Å². The Morgan fingerprint density at radius 3 is 2.68 bits per heavy atom. The highest BCUT2D eigenvalue weighted by Crippen LogP contribution is 2.40. The second-order valence-electron chi connectivity index (χ2n) is 8.70. The lowest BCUT2D eigenvalue weighted by Crippen LogP contribution is -2.73. The molecule has 20 heteroatoms. The number of nitrogens with one attached hydrogen (secondary N) is 2. The maximum Gasteiger partial charge on any atom is 0.362 e. The molecule has 3 heterocycles. The van der Waals surface area contributed by atoms with E-state index in [9.17, 15) is 32.5 Å². The summed E-state index contributed by atoms with van der Waals surface area (Å²) in [7, 11) is -4.99. The van der Waals surface area contributed by atoms with E-state index in [0.29, 0.717) is 18.7 Å². The third-order valence-electron chi connectivity index (χ3n) is 5.97. The monoisotopic (exact) mass is 574 g/mol. The fraction of sp³-hybridized carbons (Fsp3) is 0.556. The first-order valence-corrected chi connectivity index (χ1v) is 13.5. The molecule has 38 heavy (non-hydrogen) atoms. The minimum atomic E-state index is -4.99. The van der Waals surface area contributed by atoms with E-state index in [1.807, 2.05) is 0 Å². The lowest BCUT2D eigenvalue weighted by atomic mass is 9.98. The van der Waals surface area contributed by atoms with Crippen LogP contribution in [-0.4, -0.2) is 90.6 Å². The standard InChI is InChI=1S/C18H26N10O8S2/c19-4-1-8(20)9-5-22-27(25-9)6-11-13(15(30)28(11)38(33,34)35)24-14(29)12(10-7-37-17(21)23-10)26-36-18(2-3-18)16(31)32/h5,7-8,11,13,17,23H,1-4,6,19-21H2,(H,24,29)(H,31,32)(H,33,34,35)/b26-12-. The second-order valence-corrected chi connectivity index (χ2v) is 11.0. The lowest BCUT2D eigenvalue weighted by Gasteiger charge is -2.43. The number of β-lactam (4-membered cyclic amide) rings is 1. The van der Waals surface area contributed by atoms with Gasteiger partial charge in [0.25, 0.3) is 11.8 Å². The quantitative estimate of drug-likeness (QED) is 0.0552. The molecule has 0 aromatic carbocycles. The van der Waals surface area contributed by atoms with Gasteiger partial charge in [-0.05, 0) is 13.0 Å². The molecule has 1 saturated heterocycles. The number of hydrogen-bond donors (Lipinski definition) is 7. The van der Waals surface area contributed by atoms with Crippen LogP contribution in [0.1, 0.15) is 31.0 Å². The average Bonchev–Trinajstić information content (AvgIpc) is 3.27. The topological polar surface area (TPSA) is 283 Å².